The molecular weight excluding hydrogens is 1080 g/mol. The molecule has 0 heterocycles. The normalized spacial score (nSPS) is 12.4. The monoisotopic (exact) mass is 1240 g/mol. The molecule has 2 atom stereocenters. The van der Waals surface area contributed by atoms with E-state index in [2.05, 4.69) is 19.2 Å². The zero-order valence-electron chi connectivity index (χ0n) is 60.5. The Morgan fingerprint density at radius 3 is 0.693 bits per heavy atom. The molecule has 0 aromatic carbocycles. The highest BCUT2D eigenvalue weighted by molar-refractivity contribution is 5.76. The summed E-state index contributed by atoms with van der Waals surface area (Å²) in [5.74, 6) is 0.000534. The number of unbranched alkanes of at least 4 members (excludes halogenated alkanes) is 68. The van der Waals surface area contributed by atoms with Crippen molar-refractivity contribution in [3.8, 4) is 0 Å². The minimum Gasteiger partial charge on any atom is -0.466 e. The van der Waals surface area contributed by atoms with Gasteiger partial charge in [0.25, 0.3) is 0 Å². The number of esters is 1. The molecule has 88 heavy (non-hydrogen) atoms. The van der Waals surface area contributed by atoms with Gasteiger partial charge in [0.15, 0.2) is 0 Å². The van der Waals surface area contributed by atoms with E-state index in [1.165, 1.54) is 417 Å². The van der Waals surface area contributed by atoms with Gasteiger partial charge in [-0.2, -0.15) is 0 Å². The van der Waals surface area contributed by atoms with Crippen LogP contribution in [0, 0.1) is 0 Å². The summed E-state index contributed by atoms with van der Waals surface area (Å²) < 4.78 is 5.52. The molecule has 526 valence electrons. The van der Waals surface area contributed by atoms with E-state index in [1.54, 1.807) is 0 Å². The van der Waals surface area contributed by atoms with Gasteiger partial charge < -0.3 is 20.3 Å². The molecule has 2 unspecified atom stereocenters. The van der Waals surface area contributed by atoms with Crippen molar-refractivity contribution in [2.75, 3.05) is 13.2 Å². The van der Waals surface area contributed by atoms with Crippen LogP contribution in [0.3, 0.4) is 0 Å². The van der Waals surface area contributed by atoms with E-state index in [-0.39, 0.29) is 18.5 Å². The first-order chi connectivity index (χ1) is 43.5. The first-order valence-electron chi connectivity index (χ1n) is 41.3. The molecular formula is C82H163NO5. The fraction of sp³-hybridized carbons (Fsp3) is 0.976. The van der Waals surface area contributed by atoms with Crippen LogP contribution in [0.2, 0.25) is 0 Å². The number of nitrogens with one attached hydrogen (secondary N) is 1. The molecule has 0 radical (unpaired) electrons. The lowest BCUT2D eigenvalue weighted by Gasteiger charge is -2.22. The van der Waals surface area contributed by atoms with E-state index in [0.29, 0.717) is 25.9 Å². The van der Waals surface area contributed by atoms with Gasteiger partial charge in [-0.05, 0) is 25.7 Å². The van der Waals surface area contributed by atoms with Gasteiger partial charge in [0.05, 0.1) is 25.4 Å². The highest BCUT2D eigenvalue weighted by atomic mass is 16.5. The minimum atomic E-state index is -0.663. The number of aliphatic hydroxyl groups is 2. The van der Waals surface area contributed by atoms with Gasteiger partial charge >= 0.3 is 5.97 Å². The van der Waals surface area contributed by atoms with E-state index in [4.69, 9.17) is 4.74 Å². The molecule has 3 N–H and O–H groups in total. The summed E-state index contributed by atoms with van der Waals surface area (Å²) in [6.45, 7) is 5.03. The topological polar surface area (TPSA) is 95.9 Å². The lowest BCUT2D eigenvalue weighted by Crippen LogP contribution is -2.45. The zero-order chi connectivity index (χ0) is 63.5. The van der Waals surface area contributed by atoms with Crippen LogP contribution in [-0.4, -0.2) is 47.4 Å². The number of carbonyl (C=O) groups excluding carboxylic acids is 2. The number of hydrogen-bond acceptors (Lipinski definition) is 5. The summed E-state index contributed by atoms with van der Waals surface area (Å²) in [7, 11) is 0. The summed E-state index contributed by atoms with van der Waals surface area (Å²) >= 11 is 0. The van der Waals surface area contributed by atoms with Gasteiger partial charge in [-0.3, -0.25) is 9.59 Å². The average molecular weight is 1240 g/mol. The third-order valence-electron chi connectivity index (χ3n) is 19.9. The highest BCUT2D eigenvalue weighted by Gasteiger charge is 2.20. The summed E-state index contributed by atoms with van der Waals surface area (Å²) in [5, 5.41) is 23.5. The standard InChI is InChI=1S/C82H163NO5/c1-3-5-7-9-11-13-15-17-19-21-23-24-25-32-35-39-42-46-50-54-58-62-66-70-74-80(85)79(78-84)83-81(86)75-71-67-63-59-55-51-47-43-40-36-33-30-28-26-27-29-31-34-37-41-45-49-53-57-61-65-69-73-77-88-82(87)76-72-68-64-60-56-52-48-44-38-22-20-18-16-14-12-10-8-6-4-2/h79-80,84-85H,3-78H2,1-2H3,(H,83,86). The molecule has 0 saturated carbocycles. The van der Waals surface area contributed by atoms with Gasteiger partial charge in [0.1, 0.15) is 0 Å². The van der Waals surface area contributed by atoms with Crippen molar-refractivity contribution in [1.82, 2.24) is 5.32 Å². The average Bonchev–Trinajstić information content (AvgIpc) is 3.56. The Morgan fingerprint density at radius 2 is 0.466 bits per heavy atom. The molecule has 0 aromatic heterocycles. The lowest BCUT2D eigenvalue weighted by atomic mass is 10.0. The van der Waals surface area contributed by atoms with Crippen LogP contribution in [-0.2, 0) is 14.3 Å². The van der Waals surface area contributed by atoms with E-state index in [1.807, 2.05) is 0 Å². The third-order valence-corrected chi connectivity index (χ3v) is 19.9. The lowest BCUT2D eigenvalue weighted by molar-refractivity contribution is -0.143. The SMILES string of the molecule is CCCCCCCCCCCCCCCCCCCCCCCCCCC(O)C(CO)NC(=O)CCCCCCCCCCCCCCCCCCCCCCCCCCCCCCOC(=O)CCCCCCCCCCCCCCCCCCCCC. The Kier molecular flexibility index (Phi) is 77.3. The molecule has 1 amide bonds. The van der Waals surface area contributed by atoms with E-state index >= 15 is 0 Å². The fourth-order valence-electron chi connectivity index (χ4n) is 13.6. The van der Waals surface area contributed by atoms with E-state index in [0.717, 1.165) is 38.5 Å². The number of rotatable bonds is 79. The second-order valence-corrected chi connectivity index (χ2v) is 28.8. The molecule has 6 heteroatoms. The van der Waals surface area contributed by atoms with Crippen molar-refractivity contribution in [3.05, 3.63) is 0 Å². The second kappa shape index (κ2) is 78.3. The van der Waals surface area contributed by atoms with Crippen LogP contribution in [0.5, 0.6) is 0 Å². The Labute approximate surface area is 553 Å². The number of ether oxygens (including phenoxy) is 1. The van der Waals surface area contributed by atoms with E-state index in [9.17, 15) is 19.8 Å². The molecule has 0 aliphatic rings. The summed E-state index contributed by atoms with van der Waals surface area (Å²) in [5.41, 5.74) is 0. The van der Waals surface area contributed by atoms with Crippen LogP contribution >= 0.6 is 0 Å². The van der Waals surface area contributed by atoms with Gasteiger partial charge in [-0.25, -0.2) is 0 Å². The van der Waals surface area contributed by atoms with Gasteiger partial charge in [0, 0.05) is 12.8 Å². The van der Waals surface area contributed by atoms with Crippen molar-refractivity contribution in [2.45, 2.75) is 501 Å². The number of aliphatic hydroxyl groups excluding tert-OH is 2. The summed E-state index contributed by atoms with van der Waals surface area (Å²) in [4.78, 5) is 24.7. The molecule has 0 spiro atoms. The predicted molar refractivity (Wildman–Crippen MR) is 389 cm³/mol. The van der Waals surface area contributed by atoms with Gasteiger partial charge in [-0.1, -0.05) is 450 Å². The minimum absolute atomic E-state index is 0.0250. The number of amides is 1. The smallest absolute Gasteiger partial charge is 0.305 e. The van der Waals surface area contributed by atoms with Crippen molar-refractivity contribution >= 4 is 11.9 Å². The van der Waals surface area contributed by atoms with Crippen molar-refractivity contribution in [3.63, 3.8) is 0 Å². The second-order valence-electron chi connectivity index (χ2n) is 28.8. The maximum atomic E-state index is 12.6. The van der Waals surface area contributed by atoms with Crippen LogP contribution in [0.1, 0.15) is 489 Å². The van der Waals surface area contributed by atoms with Crippen molar-refractivity contribution in [2.24, 2.45) is 0 Å². The van der Waals surface area contributed by atoms with Crippen molar-refractivity contribution < 1.29 is 24.5 Å². The largest absolute Gasteiger partial charge is 0.466 e. The van der Waals surface area contributed by atoms with E-state index < -0.39 is 12.1 Å². The van der Waals surface area contributed by atoms with Crippen LogP contribution in [0.4, 0.5) is 0 Å². The molecule has 0 saturated heterocycles. The van der Waals surface area contributed by atoms with Crippen LogP contribution in [0.25, 0.3) is 0 Å². The molecule has 0 aliphatic carbocycles. The Balaban J connectivity index is 3.32. The third kappa shape index (κ3) is 73.9. The summed E-state index contributed by atoms with van der Waals surface area (Å²) in [6.07, 6.45) is 97.8. The Morgan fingerprint density at radius 1 is 0.273 bits per heavy atom. The van der Waals surface area contributed by atoms with Crippen LogP contribution in [0.15, 0.2) is 0 Å². The molecule has 0 aromatic rings. The van der Waals surface area contributed by atoms with Gasteiger partial charge in [-0.15, -0.1) is 0 Å². The summed E-state index contributed by atoms with van der Waals surface area (Å²) in [6, 6.07) is -0.540. The first kappa shape index (κ1) is 86.9. The molecule has 0 bridgehead atoms. The Hall–Kier alpha value is -1.14. The number of carbonyl (C=O) groups is 2. The maximum absolute atomic E-state index is 12.6. The first-order valence-corrected chi connectivity index (χ1v) is 41.3. The predicted octanol–water partition coefficient (Wildman–Crippen LogP) is 27.3. The maximum Gasteiger partial charge on any atom is 0.305 e. The molecule has 0 rings (SSSR count). The molecule has 0 fully saturated rings. The quantitative estimate of drug-likeness (QED) is 0.0417. The van der Waals surface area contributed by atoms with Crippen molar-refractivity contribution in [1.29, 1.82) is 0 Å². The molecule has 0 aliphatic heterocycles. The highest BCUT2D eigenvalue weighted by Crippen LogP contribution is 2.21. The fourth-order valence-corrected chi connectivity index (χ4v) is 13.6. The number of hydrogen-bond donors (Lipinski definition) is 3. The molecule has 6 nitrogen and oxygen atoms in total. The van der Waals surface area contributed by atoms with Crippen LogP contribution < -0.4 is 5.32 Å². The Bertz CT molecular complexity index is 1290. The zero-order valence-corrected chi connectivity index (χ0v) is 60.5. The van der Waals surface area contributed by atoms with Gasteiger partial charge in [0.2, 0.25) is 5.91 Å².